The fourth-order valence-electron chi connectivity index (χ4n) is 2.40. The molecule has 0 aliphatic rings. The molecule has 0 radical (unpaired) electrons. The fraction of sp³-hybridized carbons (Fsp3) is 0.421. The standard InChI is InChI=1S/C19H25N3O3S/c1-12-6-8-16(9-7-12)10-26-11-17(23)25-15(4)19(24)20-18-13(2)21-22(5)14(18)3/h6-9,15H,10-11H2,1-5H3,(H,20,24)/t15-/m0/s1. The van der Waals surface area contributed by atoms with Crippen molar-refractivity contribution in [3.63, 3.8) is 0 Å². The number of nitrogens with zero attached hydrogens (tertiary/aromatic N) is 2. The molecule has 0 unspecified atom stereocenters. The van der Waals surface area contributed by atoms with Crippen molar-refractivity contribution in [3.8, 4) is 0 Å². The lowest BCUT2D eigenvalue weighted by Crippen LogP contribution is -2.30. The number of esters is 1. The number of carbonyl (C=O) groups is 2. The molecule has 140 valence electrons. The van der Waals surface area contributed by atoms with Gasteiger partial charge in [-0.3, -0.25) is 14.3 Å². The number of ether oxygens (including phenoxy) is 1. The van der Waals surface area contributed by atoms with Crippen molar-refractivity contribution in [2.45, 2.75) is 39.6 Å². The lowest BCUT2D eigenvalue weighted by atomic mass is 10.2. The van der Waals surface area contributed by atoms with Crippen molar-refractivity contribution in [3.05, 3.63) is 46.8 Å². The molecule has 0 fully saturated rings. The van der Waals surface area contributed by atoms with Crippen LogP contribution < -0.4 is 5.32 Å². The zero-order valence-corrected chi connectivity index (χ0v) is 16.6. The number of thioether (sulfide) groups is 1. The number of hydrogen-bond donors (Lipinski definition) is 1. The van der Waals surface area contributed by atoms with E-state index >= 15 is 0 Å². The Labute approximate surface area is 158 Å². The van der Waals surface area contributed by atoms with E-state index in [1.165, 1.54) is 17.3 Å². The maximum absolute atomic E-state index is 12.3. The minimum atomic E-state index is -0.860. The van der Waals surface area contributed by atoms with Crippen LogP contribution in [0.25, 0.3) is 0 Å². The first-order chi connectivity index (χ1) is 12.3. The Morgan fingerprint density at radius 3 is 2.46 bits per heavy atom. The molecular formula is C19H25N3O3S. The topological polar surface area (TPSA) is 73.2 Å². The van der Waals surface area contributed by atoms with Crippen LogP contribution in [0.3, 0.4) is 0 Å². The van der Waals surface area contributed by atoms with Gasteiger partial charge >= 0.3 is 5.97 Å². The average molecular weight is 375 g/mol. The van der Waals surface area contributed by atoms with E-state index < -0.39 is 12.1 Å². The van der Waals surface area contributed by atoms with Crippen LogP contribution in [0, 0.1) is 20.8 Å². The smallest absolute Gasteiger partial charge is 0.316 e. The molecule has 0 aliphatic carbocycles. The van der Waals surface area contributed by atoms with E-state index in [1.54, 1.807) is 11.6 Å². The lowest BCUT2D eigenvalue weighted by molar-refractivity contribution is -0.150. The predicted octanol–water partition coefficient (Wildman–Crippen LogP) is 3.15. The molecule has 1 N–H and O–H groups in total. The number of aryl methyl sites for hydroxylation is 3. The van der Waals surface area contributed by atoms with Crippen LogP contribution in [0.5, 0.6) is 0 Å². The minimum Gasteiger partial charge on any atom is -0.452 e. The molecule has 26 heavy (non-hydrogen) atoms. The summed E-state index contributed by atoms with van der Waals surface area (Å²) in [6.45, 7) is 7.29. The van der Waals surface area contributed by atoms with Gasteiger partial charge in [-0.05, 0) is 33.3 Å². The molecule has 1 atom stereocenters. The molecule has 0 saturated heterocycles. The summed E-state index contributed by atoms with van der Waals surface area (Å²) in [7, 11) is 1.81. The summed E-state index contributed by atoms with van der Waals surface area (Å²) in [5.41, 5.74) is 4.60. The van der Waals surface area contributed by atoms with Gasteiger partial charge in [-0.2, -0.15) is 5.10 Å². The summed E-state index contributed by atoms with van der Waals surface area (Å²) < 4.78 is 6.93. The third-order valence-corrected chi connectivity index (χ3v) is 5.02. The number of rotatable bonds is 7. The van der Waals surface area contributed by atoms with Gasteiger partial charge in [0.1, 0.15) is 0 Å². The summed E-state index contributed by atoms with van der Waals surface area (Å²) in [5.74, 6) is 0.172. The number of benzene rings is 1. The van der Waals surface area contributed by atoms with E-state index in [2.05, 4.69) is 10.4 Å². The summed E-state index contributed by atoms with van der Waals surface area (Å²) >= 11 is 1.47. The first-order valence-electron chi connectivity index (χ1n) is 8.41. The Morgan fingerprint density at radius 2 is 1.88 bits per heavy atom. The monoisotopic (exact) mass is 375 g/mol. The van der Waals surface area contributed by atoms with Crippen molar-refractivity contribution in [2.75, 3.05) is 11.1 Å². The number of aromatic nitrogens is 2. The number of nitrogens with one attached hydrogen (secondary N) is 1. The van der Waals surface area contributed by atoms with Gasteiger partial charge < -0.3 is 10.1 Å². The van der Waals surface area contributed by atoms with Crippen LogP contribution in [0.15, 0.2) is 24.3 Å². The molecule has 1 aromatic carbocycles. The molecule has 7 heteroatoms. The van der Waals surface area contributed by atoms with Crippen molar-refractivity contribution < 1.29 is 14.3 Å². The second-order valence-corrected chi connectivity index (χ2v) is 7.25. The van der Waals surface area contributed by atoms with E-state index in [0.717, 1.165) is 22.7 Å². The third-order valence-electron chi connectivity index (χ3n) is 4.04. The largest absolute Gasteiger partial charge is 0.452 e. The molecular weight excluding hydrogens is 350 g/mol. The minimum absolute atomic E-state index is 0.205. The quantitative estimate of drug-likeness (QED) is 0.753. The van der Waals surface area contributed by atoms with Crippen LogP contribution in [0.2, 0.25) is 0 Å². The number of amides is 1. The van der Waals surface area contributed by atoms with Crippen molar-refractivity contribution in [2.24, 2.45) is 7.05 Å². The second-order valence-electron chi connectivity index (χ2n) is 6.27. The van der Waals surface area contributed by atoms with E-state index in [0.29, 0.717) is 5.69 Å². The SMILES string of the molecule is Cc1ccc(CSCC(=O)O[C@@H](C)C(=O)Nc2c(C)nn(C)c2C)cc1. The fourth-order valence-corrected chi connectivity index (χ4v) is 3.17. The average Bonchev–Trinajstić information content (AvgIpc) is 2.82. The Hall–Kier alpha value is -2.28. The molecule has 6 nitrogen and oxygen atoms in total. The van der Waals surface area contributed by atoms with Crippen LogP contribution in [0.1, 0.15) is 29.4 Å². The summed E-state index contributed by atoms with van der Waals surface area (Å²) in [5, 5.41) is 7.03. The van der Waals surface area contributed by atoms with E-state index in [-0.39, 0.29) is 11.7 Å². The molecule has 1 aromatic heterocycles. The number of anilines is 1. The maximum Gasteiger partial charge on any atom is 0.316 e. The van der Waals surface area contributed by atoms with Crippen LogP contribution in [-0.2, 0) is 27.1 Å². The van der Waals surface area contributed by atoms with Crippen LogP contribution in [-0.4, -0.2) is 33.5 Å². The highest BCUT2D eigenvalue weighted by Crippen LogP contribution is 2.19. The number of hydrogen-bond acceptors (Lipinski definition) is 5. The zero-order chi connectivity index (χ0) is 19.3. The highest BCUT2D eigenvalue weighted by atomic mass is 32.2. The van der Waals surface area contributed by atoms with Crippen molar-refractivity contribution >= 4 is 29.3 Å². The first-order valence-corrected chi connectivity index (χ1v) is 9.57. The van der Waals surface area contributed by atoms with E-state index in [9.17, 15) is 9.59 Å². The maximum atomic E-state index is 12.3. The summed E-state index contributed by atoms with van der Waals surface area (Å²) in [6.07, 6.45) is -0.860. The van der Waals surface area contributed by atoms with Gasteiger partial charge in [0, 0.05) is 12.8 Å². The van der Waals surface area contributed by atoms with Crippen LogP contribution in [0.4, 0.5) is 5.69 Å². The normalized spacial score (nSPS) is 11.9. The highest BCUT2D eigenvalue weighted by Gasteiger charge is 2.20. The molecule has 0 saturated carbocycles. The van der Waals surface area contributed by atoms with Gasteiger partial charge in [-0.25, -0.2) is 0 Å². The second kappa shape index (κ2) is 8.89. The highest BCUT2D eigenvalue weighted by molar-refractivity contribution is 7.99. The summed E-state index contributed by atoms with van der Waals surface area (Å²) in [6, 6.07) is 8.18. The predicted molar refractivity (Wildman–Crippen MR) is 104 cm³/mol. The van der Waals surface area contributed by atoms with Gasteiger partial charge in [0.25, 0.3) is 5.91 Å². The van der Waals surface area contributed by atoms with Gasteiger partial charge in [-0.1, -0.05) is 29.8 Å². The first kappa shape index (κ1) is 20.0. The van der Waals surface area contributed by atoms with Crippen molar-refractivity contribution in [1.29, 1.82) is 0 Å². The zero-order valence-electron chi connectivity index (χ0n) is 15.8. The third kappa shape index (κ3) is 5.36. The number of carbonyl (C=O) groups excluding carboxylic acids is 2. The molecule has 1 heterocycles. The van der Waals surface area contributed by atoms with Gasteiger partial charge in [0.15, 0.2) is 6.10 Å². The van der Waals surface area contributed by atoms with E-state index in [4.69, 9.17) is 4.74 Å². The molecule has 0 spiro atoms. The Morgan fingerprint density at radius 1 is 1.23 bits per heavy atom. The summed E-state index contributed by atoms with van der Waals surface area (Å²) in [4.78, 5) is 24.2. The molecule has 2 rings (SSSR count). The molecule has 2 aromatic rings. The Balaban J connectivity index is 1.78. The Kier molecular flexibility index (Phi) is 6.85. The molecule has 0 bridgehead atoms. The van der Waals surface area contributed by atoms with Crippen molar-refractivity contribution in [1.82, 2.24) is 9.78 Å². The van der Waals surface area contributed by atoms with Gasteiger partial charge in [-0.15, -0.1) is 11.8 Å². The molecule has 1 amide bonds. The van der Waals surface area contributed by atoms with E-state index in [1.807, 2.05) is 52.1 Å². The van der Waals surface area contributed by atoms with Crippen LogP contribution >= 0.6 is 11.8 Å². The van der Waals surface area contributed by atoms with Gasteiger partial charge in [0.05, 0.1) is 22.8 Å². The van der Waals surface area contributed by atoms with Gasteiger partial charge in [0.2, 0.25) is 0 Å². The molecule has 0 aliphatic heterocycles. The lowest BCUT2D eigenvalue weighted by Gasteiger charge is -2.13. The Bertz CT molecular complexity index is 784.